The van der Waals surface area contributed by atoms with Gasteiger partial charge in [-0.05, 0) is 36.4 Å². The fraction of sp³-hybridized carbons (Fsp3) is 0.158. The summed E-state index contributed by atoms with van der Waals surface area (Å²) in [5.74, 6) is -3.67. The molecule has 9 heteroatoms. The lowest BCUT2D eigenvalue weighted by atomic mass is 10.2. The van der Waals surface area contributed by atoms with Crippen LogP contribution in [0.5, 0.6) is 0 Å². The third kappa shape index (κ3) is 4.33. The molecule has 0 amide bonds. The lowest BCUT2D eigenvalue weighted by Crippen LogP contribution is -2.33. The van der Waals surface area contributed by atoms with Gasteiger partial charge in [-0.3, -0.25) is 0 Å². The number of hydrogen-bond donors (Lipinski definition) is 3. The molecule has 0 unspecified atom stereocenters. The molecule has 0 saturated heterocycles. The first-order chi connectivity index (χ1) is 13.5. The van der Waals surface area contributed by atoms with Crippen molar-refractivity contribution in [3.05, 3.63) is 71.7 Å². The van der Waals surface area contributed by atoms with Crippen molar-refractivity contribution < 1.29 is 34.4 Å². The third-order valence-corrected chi connectivity index (χ3v) is 3.81. The first kappa shape index (κ1) is 19.1. The fourth-order valence-electron chi connectivity index (χ4n) is 2.33. The molecule has 144 valence electrons. The van der Waals surface area contributed by atoms with Gasteiger partial charge in [0, 0.05) is 0 Å². The number of carbonyl (C=O) groups is 2. The number of azo groups is 1. The summed E-state index contributed by atoms with van der Waals surface area (Å²) in [5, 5.41) is 36.7. The molecule has 0 aromatic heterocycles. The number of nitrogens with zero attached hydrogens (tertiary/aromatic N) is 2. The number of cyclic esters (lactones) is 1. The number of hydrogen-bond acceptors (Lipinski definition) is 9. The normalized spacial score (nSPS) is 17.6. The number of benzene rings is 2. The molecule has 0 spiro atoms. The molecule has 28 heavy (non-hydrogen) atoms. The molecule has 1 aliphatic rings. The summed E-state index contributed by atoms with van der Waals surface area (Å²) in [6.07, 6.45) is -3.02. The summed E-state index contributed by atoms with van der Waals surface area (Å²) in [7, 11) is 0. The van der Waals surface area contributed by atoms with E-state index in [9.17, 15) is 24.9 Å². The smallest absolute Gasteiger partial charge is 0.377 e. The Balaban J connectivity index is 1.55. The second-order valence-corrected chi connectivity index (χ2v) is 5.81. The highest BCUT2D eigenvalue weighted by molar-refractivity contribution is 5.90. The Labute approximate surface area is 159 Å². The molecule has 9 nitrogen and oxygen atoms in total. The Morgan fingerprint density at radius 1 is 1.04 bits per heavy atom. The topological polar surface area (TPSA) is 138 Å². The minimum atomic E-state index is -1.53. The molecule has 0 aliphatic carbocycles. The van der Waals surface area contributed by atoms with Crippen LogP contribution in [0.3, 0.4) is 0 Å². The Morgan fingerprint density at radius 2 is 1.64 bits per heavy atom. The second-order valence-electron chi connectivity index (χ2n) is 5.81. The highest BCUT2D eigenvalue weighted by Gasteiger charge is 2.39. The van der Waals surface area contributed by atoms with E-state index in [-0.39, 0.29) is 5.56 Å². The maximum atomic E-state index is 12.0. The fourth-order valence-corrected chi connectivity index (χ4v) is 2.33. The molecule has 0 bridgehead atoms. The van der Waals surface area contributed by atoms with Crippen molar-refractivity contribution in [2.24, 2.45) is 10.2 Å². The van der Waals surface area contributed by atoms with Crippen LogP contribution < -0.4 is 0 Å². The van der Waals surface area contributed by atoms with Crippen LogP contribution in [0.25, 0.3) is 0 Å². The molecule has 3 rings (SSSR count). The van der Waals surface area contributed by atoms with Gasteiger partial charge in [-0.25, -0.2) is 9.59 Å². The zero-order valence-corrected chi connectivity index (χ0v) is 14.4. The van der Waals surface area contributed by atoms with Crippen LogP contribution in [-0.2, 0) is 14.3 Å². The number of esters is 2. The van der Waals surface area contributed by atoms with Crippen LogP contribution in [-0.4, -0.2) is 46.1 Å². The van der Waals surface area contributed by atoms with E-state index in [1.165, 1.54) is 12.1 Å². The molecule has 1 heterocycles. The molecule has 0 radical (unpaired) electrons. The number of carbonyl (C=O) groups excluding carboxylic acids is 2. The van der Waals surface area contributed by atoms with E-state index in [4.69, 9.17) is 4.74 Å². The SMILES string of the molecule is O=C1O[C@H]([C@H](O)COC(=O)c2ccc(/N=N/c3ccccc3)cc2)C(O)=C1O. The first-order valence-electron chi connectivity index (χ1n) is 8.21. The summed E-state index contributed by atoms with van der Waals surface area (Å²) in [6, 6.07) is 15.3. The van der Waals surface area contributed by atoms with E-state index in [1.807, 2.05) is 18.2 Å². The average Bonchev–Trinajstić information content (AvgIpc) is 2.98. The van der Waals surface area contributed by atoms with Crippen LogP contribution in [0.2, 0.25) is 0 Å². The van der Waals surface area contributed by atoms with E-state index in [0.29, 0.717) is 11.4 Å². The molecule has 0 fully saturated rings. The molecule has 2 aromatic carbocycles. The maximum Gasteiger partial charge on any atom is 0.377 e. The van der Waals surface area contributed by atoms with Crippen molar-refractivity contribution in [2.45, 2.75) is 12.2 Å². The van der Waals surface area contributed by atoms with Gasteiger partial charge >= 0.3 is 11.9 Å². The van der Waals surface area contributed by atoms with E-state index >= 15 is 0 Å². The first-order valence-corrected chi connectivity index (χ1v) is 8.21. The predicted molar refractivity (Wildman–Crippen MR) is 95.5 cm³/mol. The van der Waals surface area contributed by atoms with Crippen LogP contribution in [0.4, 0.5) is 11.4 Å². The number of ether oxygens (including phenoxy) is 2. The Bertz CT molecular complexity index is 923. The highest BCUT2D eigenvalue weighted by atomic mass is 16.6. The van der Waals surface area contributed by atoms with Gasteiger partial charge < -0.3 is 24.8 Å². The van der Waals surface area contributed by atoms with Gasteiger partial charge in [0.05, 0.1) is 16.9 Å². The van der Waals surface area contributed by atoms with Crippen LogP contribution in [0.15, 0.2) is 76.3 Å². The third-order valence-electron chi connectivity index (χ3n) is 3.81. The summed E-state index contributed by atoms with van der Waals surface area (Å²) < 4.78 is 9.53. The predicted octanol–water partition coefficient (Wildman–Crippen LogP) is 2.87. The minimum absolute atomic E-state index is 0.205. The summed E-state index contributed by atoms with van der Waals surface area (Å²) >= 11 is 0. The van der Waals surface area contributed by atoms with Crippen LogP contribution in [0.1, 0.15) is 10.4 Å². The van der Waals surface area contributed by atoms with Gasteiger partial charge in [0.2, 0.25) is 5.76 Å². The van der Waals surface area contributed by atoms with E-state index < -0.39 is 42.3 Å². The quantitative estimate of drug-likeness (QED) is 0.514. The molecular formula is C19H16N2O7. The van der Waals surface area contributed by atoms with Crippen molar-refractivity contribution in [3.8, 4) is 0 Å². The molecule has 2 aromatic rings. The van der Waals surface area contributed by atoms with E-state index in [1.54, 1.807) is 24.3 Å². The number of rotatable bonds is 6. The molecule has 1 aliphatic heterocycles. The van der Waals surface area contributed by atoms with Crippen LogP contribution in [0, 0.1) is 0 Å². The average molecular weight is 384 g/mol. The van der Waals surface area contributed by atoms with Crippen molar-refractivity contribution in [2.75, 3.05) is 6.61 Å². The van der Waals surface area contributed by atoms with Crippen molar-refractivity contribution >= 4 is 23.3 Å². The van der Waals surface area contributed by atoms with Gasteiger partial charge in [0.15, 0.2) is 11.9 Å². The lowest BCUT2D eigenvalue weighted by Gasteiger charge is -2.17. The van der Waals surface area contributed by atoms with Gasteiger partial charge in [0.25, 0.3) is 0 Å². The van der Waals surface area contributed by atoms with Gasteiger partial charge in [-0.15, -0.1) is 0 Å². The number of aliphatic hydroxyl groups excluding tert-OH is 3. The molecule has 0 saturated carbocycles. The lowest BCUT2D eigenvalue weighted by molar-refractivity contribution is -0.147. The Hall–Kier alpha value is -3.72. The van der Waals surface area contributed by atoms with E-state index in [2.05, 4.69) is 15.0 Å². The van der Waals surface area contributed by atoms with Gasteiger partial charge in [0.1, 0.15) is 12.7 Å². The van der Waals surface area contributed by atoms with E-state index in [0.717, 1.165) is 0 Å². The minimum Gasteiger partial charge on any atom is -0.505 e. The molecule has 2 atom stereocenters. The zero-order chi connectivity index (χ0) is 20.1. The monoisotopic (exact) mass is 384 g/mol. The van der Waals surface area contributed by atoms with Gasteiger partial charge in [-0.2, -0.15) is 10.2 Å². The molecule has 3 N–H and O–H groups in total. The van der Waals surface area contributed by atoms with Crippen molar-refractivity contribution in [3.63, 3.8) is 0 Å². The summed E-state index contributed by atoms with van der Waals surface area (Å²) in [5.41, 5.74) is 1.43. The largest absolute Gasteiger partial charge is 0.505 e. The second kappa shape index (κ2) is 8.31. The van der Waals surface area contributed by atoms with Gasteiger partial charge in [-0.1, -0.05) is 18.2 Å². The maximum absolute atomic E-state index is 12.0. The number of aliphatic hydroxyl groups is 3. The Kier molecular flexibility index (Phi) is 5.66. The highest BCUT2D eigenvalue weighted by Crippen LogP contribution is 2.22. The van der Waals surface area contributed by atoms with Crippen molar-refractivity contribution in [1.82, 2.24) is 0 Å². The molecular weight excluding hydrogens is 368 g/mol. The summed E-state index contributed by atoms with van der Waals surface area (Å²) in [6.45, 7) is -0.552. The van der Waals surface area contributed by atoms with Crippen molar-refractivity contribution in [1.29, 1.82) is 0 Å². The Morgan fingerprint density at radius 3 is 2.21 bits per heavy atom. The van der Waals surface area contributed by atoms with Crippen LogP contribution >= 0.6 is 0 Å². The zero-order valence-electron chi connectivity index (χ0n) is 14.4. The standard InChI is InChI=1S/C19H16N2O7/c22-14(17-15(23)16(24)19(26)28-17)10-27-18(25)11-6-8-13(9-7-11)21-20-12-4-2-1-3-5-12/h1-9,14,17,22-24H,10H2/b21-20+/t14-,17-/m1/s1. The summed E-state index contributed by atoms with van der Waals surface area (Å²) in [4.78, 5) is 23.2.